The third kappa shape index (κ3) is 3.67. The number of rotatable bonds is 3. The number of anilines is 1. The highest BCUT2D eigenvalue weighted by Crippen LogP contribution is 2.03. The molecule has 0 atom stereocenters. The van der Waals surface area contributed by atoms with Crippen molar-refractivity contribution < 1.29 is 14.0 Å². The Labute approximate surface area is 109 Å². The number of nitrogens with one attached hydrogen (secondary N) is 2. The van der Waals surface area contributed by atoms with Crippen LogP contribution in [0.1, 0.15) is 11.5 Å². The van der Waals surface area contributed by atoms with Gasteiger partial charge in [-0.25, -0.2) is 4.98 Å². The number of hydrogen-bond donors (Lipinski definition) is 2. The Kier molecular flexibility index (Phi) is 3.92. The fourth-order valence-electron chi connectivity index (χ4n) is 1.45. The van der Waals surface area contributed by atoms with E-state index in [1.165, 1.54) is 6.26 Å². The van der Waals surface area contributed by atoms with Crippen molar-refractivity contribution in [2.75, 3.05) is 5.32 Å². The lowest BCUT2D eigenvalue weighted by Gasteiger charge is -2.05. The number of pyridine rings is 1. The molecular formula is C13H13N3O3. The summed E-state index contributed by atoms with van der Waals surface area (Å²) in [6.45, 7) is 1.97. The van der Waals surface area contributed by atoms with Gasteiger partial charge in [0, 0.05) is 5.69 Å². The Hall–Kier alpha value is -2.63. The van der Waals surface area contributed by atoms with E-state index in [0.717, 1.165) is 5.69 Å². The minimum Gasteiger partial charge on any atom is -0.467 e. The molecule has 2 rings (SSSR count). The van der Waals surface area contributed by atoms with Crippen LogP contribution in [0.25, 0.3) is 0 Å². The fraction of sp³-hybridized carbons (Fsp3) is 0.154. The van der Waals surface area contributed by atoms with Crippen molar-refractivity contribution in [3.63, 3.8) is 0 Å². The topological polar surface area (TPSA) is 84.2 Å². The molecule has 2 N–H and O–H groups in total. The summed E-state index contributed by atoms with van der Waals surface area (Å²) < 4.78 is 5.04. The zero-order valence-electron chi connectivity index (χ0n) is 10.3. The molecule has 0 aromatic carbocycles. The van der Waals surface area contributed by atoms with Gasteiger partial charge < -0.3 is 15.1 Å². The second kappa shape index (κ2) is 5.81. The molecule has 98 valence electrons. The van der Waals surface area contributed by atoms with Crippen molar-refractivity contribution in [2.24, 2.45) is 0 Å². The molecule has 0 radical (unpaired) electrons. The number of hydrogen-bond acceptors (Lipinski definition) is 4. The molecule has 2 aromatic rings. The van der Waals surface area contributed by atoms with Gasteiger partial charge in [-0.2, -0.15) is 0 Å². The summed E-state index contributed by atoms with van der Waals surface area (Å²) in [6, 6.07) is 8.58. The minimum atomic E-state index is -0.760. The van der Waals surface area contributed by atoms with E-state index in [-0.39, 0.29) is 6.54 Å². The van der Waals surface area contributed by atoms with Crippen LogP contribution in [0, 0.1) is 6.92 Å². The minimum absolute atomic E-state index is 0.167. The largest absolute Gasteiger partial charge is 0.467 e. The van der Waals surface area contributed by atoms with E-state index in [9.17, 15) is 9.59 Å². The third-order valence-electron chi connectivity index (χ3n) is 2.34. The molecule has 0 unspecified atom stereocenters. The lowest BCUT2D eigenvalue weighted by atomic mass is 10.3. The van der Waals surface area contributed by atoms with E-state index in [1.54, 1.807) is 37.3 Å². The van der Waals surface area contributed by atoms with Crippen LogP contribution in [0.2, 0.25) is 0 Å². The standard InChI is InChI=1S/C13H13N3O3/c1-9-4-2-6-11(15-9)16-13(18)12(17)14-8-10-5-3-7-19-10/h2-7H,8H2,1H3,(H,14,17)(H,15,16,18). The van der Waals surface area contributed by atoms with Crippen LogP contribution in [0.3, 0.4) is 0 Å². The van der Waals surface area contributed by atoms with E-state index in [1.807, 2.05) is 0 Å². The van der Waals surface area contributed by atoms with Gasteiger partial charge >= 0.3 is 11.8 Å². The Morgan fingerprint density at radius 2 is 2.05 bits per heavy atom. The van der Waals surface area contributed by atoms with Crippen molar-refractivity contribution >= 4 is 17.6 Å². The Morgan fingerprint density at radius 1 is 1.21 bits per heavy atom. The lowest BCUT2D eigenvalue weighted by molar-refractivity contribution is -0.136. The van der Waals surface area contributed by atoms with E-state index < -0.39 is 11.8 Å². The first-order valence-corrected chi connectivity index (χ1v) is 5.70. The molecule has 0 aliphatic rings. The number of carbonyl (C=O) groups is 2. The summed E-state index contributed by atoms with van der Waals surface area (Å²) >= 11 is 0. The smallest absolute Gasteiger partial charge is 0.314 e. The second-order valence-corrected chi connectivity index (χ2v) is 3.88. The van der Waals surface area contributed by atoms with Crippen LogP contribution < -0.4 is 10.6 Å². The zero-order chi connectivity index (χ0) is 13.7. The molecule has 0 bridgehead atoms. The first-order chi connectivity index (χ1) is 9.15. The first-order valence-electron chi connectivity index (χ1n) is 5.70. The molecule has 6 nitrogen and oxygen atoms in total. The average Bonchev–Trinajstić information content (AvgIpc) is 2.89. The molecule has 2 heterocycles. The van der Waals surface area contributed by atoms with Crippen LogP contribution in [-0.4, -0.2) is 16.8 Å². The van der Waals surface area contributed by atoms with E-state index >= 15 is 0 Å². The van der Waals surface area contributed by atoms with Crippen molar-refractivity contribution in [3.05, 3.63) is 48.0 Å². The average molecular weight is 259 g/mol. The molecule has 0 aliphatic carbocycles. The maximum Gasteiger partial charge on any atom is 0.314 e. The van der Waals surface area contributed by atoms with Crippen LogP contribution >= 0.6 is 0 Å². The second-order valence-electron chi connectivity index (χ2n) is 3.88. The number of carbonyl (C=O) groups excluding carboxylic acids is 2. The SMILES string of the molecule is Cc1cccc(NC(=O)C(=O)NCc2ccco2)n1. The lowest BCUT2D eigenvalue weighted by Crippen LogP contribution is -2.35. The quantitative estimate of drug-likeness (QED) is 0.812. The number of aromatic nitrogens is 1. The highest BCUT2D eigenvalue weighted by Gasteiger charge is 2.14. The van der Waals surface area contributed by atoms with Crippen molar-refractivity contribution in [1.29, 1.82) is 0 Å². The van der Waals surface area contributed by atoms with Crippen LogP contribution in [0.5, 0.6) is 0 Å². The molecular weight excluding hydrogens is 246 g/mol. The first kappa shape index (κ1) is 12.8. The molecule has 0 saturated carbocycles. The molecule has 2 aromatic heterocycles. The molecule has 2 amide bonds. The number of amides is 2. The maximum atomic E-state index is 11.6. The normalized spacial score (nSPS) is 9.95. The van der Waals surface area contributed by atoms with Gasteiger partial charge in [0.1, 0.15) is 11.6 Å². The monoisotopic (exact) mass is 259 g/mol. The van der Waals surface area contributed by atoms with E-state index in [4.69, 9.17) is 4.42 Å². The van der Waals surface area contributed by atoms with Gasteiger partial charge in [0.25, 0.3) is 0 Å². The molecule has 0 aliphatic heterocycles. The van der Waals surface area contributed by atoms with Crippen LogP contribution in [-0.2, 0) is 16.1 Å². The molecule has 0 saturated heterocycles. The summed E-state index contributed by atoms with van der Waals surface area (Å²) in [7, 11) is 0. The highest BCUT2D eigenvalue weighted by molar-refractivity contribution is 6.39. The van der Waals surface area contributed by atoms with E-state index in [2.05, 4.69) is 15.6 Å². The molecule has 6 heteroatoms. The Balaban J connectivity index is 1.87. The number of nitrogens with zero attached hydrogens (tertiary/aromatic N) is 1. The number of furan rings is 1. The van der Waals surface area contributed by atoms with Gasteiger partial charge in [-0.05, 0) is 31.2 Å². The highest BCUT2D eigenvalue weighted by atomic mass is 16.3. The van der Waals surface area contributed by atoms with Crippen LogP contribution in [0.4, 0.5) is 5.82 Å². The van der Waals surface area contributed by atoms with Gasteiger partial charge in [-0.3, -0.25) is 9.59 Å². The molecule has 0 fully saturated rings. The maximum absolute atomic E-state index is 11.6. The summed E-state index contributed by atoms with van der Waals surface area (Å²) in [5.74, 6) is -0.572. The molecule has 0 spiro atoms. The van der Waals surface area contributed by atoms with Gasteiger partial charge in [-0.15, -0.1) is 0 Å². The van der Waals surface area contributed by atoms with Crippen molar-refractivity contribution in [3.8, 4) is 0 Å². The summed E-state index contributed by atoms with van der Waals surface area (Å²) in [5, 5.41) is 4.87. The Morgan fingerprint density at radius 3 is 2.74 bits per heavy atom. The van der Waals surface area contributed by atoms with E-state index in [0.29, 0.717) is 11.6 Å². The van der Waals surface area contributed by atoms with Crippen LogP contribution in [0.15, 0.2) is 41.0 Å². The Bertz CT molecular complexity index is 579. The third-order valence-corrected chi connectivity index (χ3v) is 2.34. The predicted molar refractivity (Wildman–Crippen MR) is 68.2 cm³/mol. The zero-order valence-corrected chi connectivity index (χ0v) is 10.3. The van der Waals surface area contributed by atoms with Crippen molar-refractivity contribution in [2.45, 2.75) is 13.5 Å². The van der Waals surface area contributed by atoms with Gasteiger partial charge in [-0.1, -0.05) is 6.07 Å². The predicted octanol–water partition coefficient (Wildman–Crippen LogP) is 1.24. The van der Waals surface area contributed by atoms with Gasteiger partial charge in [0.2, 0.25) is 0 Å². The summed E-state index contributed by atoms with van der Waals surface area (Å²) in [6.07, 6.45) is 1.50. The molecule has 19 heavy (non-hydrogen) atoms. The summed E-state index contributed by atoms with van der Waals surface area (Å²) in [5.41, 5.74) is 0.758. The fourth-order valence-corrected chi connectivity index (χ4v) is 1.45. The van der Waals surface area contributed by atoms with Gasteiger partial charge in [0.05, 0.1) is 12.8 Å². The summed E-state index contributed by atoms with van der Waals surface area (Å²) in [4.78, 5) is 27.2. The van der Waals surface area contributed by atoms with Gasteiger partial charge in [0.15, 0.2) is 0 Å². The number of aryl methyl sites for hydroxylation is 1. The van der Waals surface area contributed by atoms with Crippen molar-refractivity contribution in [1.82, 2.24) is 10.3 Å².